The van der Waals surface area contributed by atoms with Gasteiger partial charge in [0.25, 0.3) is 5.91 Å². The van der Waals surface area contributed by atoms with Crippen LogP contribution in [0.3, 0.4) is 0 Å². The molecule has 3 heterocycles. The predicted octanol–water partition coefficient (Wildman–Crippen LogP) is 5.32. The van der Waals surface area contributed by atoms with Gasteiger partial charge >= 0.3 is 5.97 Å². The topological polar surface area (TPSA) is 162 Å². The standard InChI is InChI=1S/C41H65N5O7S/c1-25(2)26(3)36(4)14-15-38(6)27-10-11-30-37(5)21-52-23-41(30,28(27)12-13-39(38,7)31(36)35(48)49)20-29(46-33(34(47)42-8)44-24-45-46)32(37)53-22-40(43-9)16-18-54(50,51)19-17-40/h12,24-27,29-32,43H,10-11,13-23H2,1-9H3,(H,42,47)(H,48,49)/t26-,27+,29-,30+,31-,32+,36-,37-,38-,39+,41+/m1/s1. The Morgan fingerprint density at radius 3 is 2.37 bits per heavy atom. The van der Waals surface area contributed by atoms with Gasteiger partial charge in [-0.2, -0.15) is 5.10 Å². The third-order valence-electron chi connectivity index (χ3n) is 17.3. The highest BCUT2D eigenvalue weighted by Gasteiger charge is 2.72. The second-order valence-electron chi connectivity index (χ2n) is 19.6. The Labute approximate surface area is 322 Å². The summed E-state index contributed by atoms with van der Waals surface area (Å²) in [6, 6.07) is -0.347. The van der Waals surface area contributed by atoms with Crippen molar-refractivity contribution >= 4 is 21.7 Å². The Balaban J connectivity index is 1.32. The summed E-state index contributed by atoms with van der Waals surface area (Å²) >= 11 is 0. The number of carboxylic acid groups (broad SMARTS) is 1. The van der Waals surface area contributed by atoms with Crippen LogP contribution in [0.5, 0.6) is 0 Å². The molecule has 54 heavy (non-hydrogen) atoms. The Hall–Kier alpha value is -2.35. The van der Waals surface area contributed by atoms with Gasteiger partial charge in [-0.1, -0.05) is 60.1 Å². The highest BCUT2D eigenvalue weighted by Crippen LogP contribution is 2.75. The minimum absolute atomic E-state index is 0.118. The summed E-state index contributed by atoms with van der Waals surface area (Å²) in [6.07, 6.45) is 9.56. The molecule has 7 rings (SSSR count). The van der Waals surface area contributed by atoms with Gasteiger partial charge in [-0.15, -0.1) is 0 Å². The van der Waals surface area contributed by atoms with Gasteiger partial charge in [-0.05, 0) is 98.3 Å². The Morgan fingerprint density at radius 2 is 1.74 bits per heavy atom. The number of aromatic nitrogens is 3. The van der Waals surface area contributed by atoms with Crippen LogP contribution < -0.4 is 10.6 Å². The maximum atomic E-state index is 13.5. The molecule has 0 aromatic carbocycles. The molecule has 0 unspecified atom stereocenters. The molecule has 4 aliphatic carbocycles. The first-order valence-electron chi connectivity index (χ1n) is 20.4. The van der Waals surface area contributed by atoms with Gasteiger partial charge in [0.1, 0.15) is 16.2 Å². The fraction of sp³-hybridized carbons (Fsp3) is 0.854. The number of carbonyl (C=O) groups is 2. The number of carbonyl (C=O) groups excluding carboxylic acids is 1. The smallest absolute Gasteiger partial charge is 0.307 e. The molecule has 3 N–H and O–H groups in total. The van der Waals surface area contributed by atoms with Gasteiger partial charge in [-0.25, -0.2) is 18.1 Å². The number of nitrogens with zero attached hydrogens (tertiary/aromatic N) is 3. The lowest BCUT2D eigenvalue weighted by Gasteiger charge is -2.71. The van der Waals surface area contributed by atoms with Gasteiger partial charge in [0, 0.05) is 23.4 Å². The summed E-state index contributed by atoms with van der Waals surface area (Å²) in [6.45, 7) is 17.3. The van der Waals surface area contributed by atoms with Crippen LogP contribution in [0, 0.1) is 56.7 Å². The summed E-state index contributed by atoms with van der Waals surface area (Å²) in [5, 5.41) is 22.0. The van der Waals surface area contributed by atoms with Gasteiger partial charge in [0.05, 0.1) is 49.4 Å². The fourth-order valence-electron chi connectivity index (χ4n) is 13.5. The number of carboxylic acids is 1. The minimum Gasteiger partial charge on any atom is -0.481 e. The van der Waals surface area contributed by atoms with Crippen LogP contribution in [0.15, 0.2) is 18.0 Å². The van der Waals surface area contributed by atoms with Gasteiger partial charge in [0.15, 0.2) is 0 Å². The van der Waals surface area contributed by atoms with E-state index >= 15 is 0 Å². The van der Waals surface area contributed by atoms with E-state index in [0.717, 1.165) is 25.7 Å². The third kappa shape index (κ3) is 5.62. The zero-order valence-electron chi connectivity index (χ0n) is 34.0. The number of allylic oxidation sites excluding steroid dienone is 1. The van der Waals surface area contributed by atoms with Crippen LogP contribution in [0.25, 0.3) is 0 Å². The van der Waals surface area contributed by atoms with E-state index < -0.39 is 44.2 Å². The largest absolute Gasteiger partial charge is 0.481 e. The number of aliphatic carboxylic acids is 1. The number of nitrogens with one attached hydrogen (secondary N) is 2. The molecule has 5 fully saturated rings. The maximum absolute atomic E-state index is 13.5. The van der Waals surface area contributed by atoms with Crippen LogP contribution >= 0.6 is 0 Å². The van der Waals surface area contributed by atoms with Crippen molar-refractivity contribution in [3.8, 4) is 0 Å². The number of likely N-dealkylation sites (N-methyl/N-ethyl adjacent to an activating group) is 1. The van der Waals surface area contributed by atoms with E-state index in [-0.39, 0.29) is 63.3 Å². The van der Waals surface area contributed by atoms with E-state index in [0.29, 0.717) is 51.4 Å². The summed E-state index contributed by atoms with van der Waals surface area (Å²) in [5.74, 6) is 0.0812. The molecular weight excluding hydrogens is 707 g/mol. The van der Waals surface area contributed by atoms with Crippen LogP contribution in [-0.2, 0) is 24.1 Å². The van der Waals surface area contributed by atoms with E-state index in [1.807, 2.05) is 7.05 Å². The van der Waals surface area contributed by atoms with Crippen LogP contribution in [0.2, 0.25) is 0 Å². The maximum Gasteiger partial charge on any atom is 0.307 e. The number of rotatable bonds is 9. The van der Waals surface area contributed by atoms with E-state index in [4.69, 9.17) is 14.6 Å². The van der Waals surface area contributed by atoms with Crippen molar-refractivity contribution in [2.75, 3.05) is 45.4 Å². The van der Waals surface area contributed by atoms with E-state index in [1.54, 1.807) is 11.7 Å². The summed E-state index contributed by atoms with van der Waals surface area (Å²) in [7, 11) is 0.394. The van der Waals surface area contributed by atoms with Crippen molar-refractivity contribution in [1.29, 1.82) is 0 Å². The molecule has 1 aromatic rings. The molecule has 0 spiro atoms. The molecule has 0 radical (unpaired) electrons. The molecule has 2 aliphatic heterocycles. The zero-order valence-corrected chi connectivity index (χ0v) is 34.9. The molecule has 6 aliphatic rings. The molecule has 302 valence electrons. The lowest BCUT2D eigenvalue weighted by Crippen LogP contribution is -2.69. The van der Waals surface area contributed by atoms with Gasteiger partial charge < -0.3 is 25.2 Å². The summed E-state index contributed by atoms with van der Waals surface area (Å²) < 4.78 is 40.6. The number of hydrogen-bond donors (Lipinski definition) is 3. The van der Waals surface area contributed by atoms with Crippen molar-refractivity contribution in [1.82, 2.24) is 25.4 Å². The first kappa shape index (κ1) is 39.9. The fourth-order valence-corrected chi connectivity index (χ4v) is 15.1. The molecule has 13 heteroatoms. The normalized spacial score (nSPS) is 42.9. The minimum atomic E-state index is -3.09. The molecule has 1 amide bonds. The average Bonchev–Trinajstić information content (AvgIpc) is 3.61. The highest BCUT2D eigenvalue weighted by molar-refractivity contribution is 7.91. The number of amides is 1. The molecule has 3 saturated carbocycles. The number of sulfone groups is 1. The summed E-state index contributed by atoms with van der Waals surface area (Å²) in [4.78, 5) is 31.3. The lowest BCUT2D eigenvalue weighted by atomic mass is 9.34. The highest BCUT2D eigenvalue weighted by atomic mass is 32.2. The second-order valence-corrected chi connectivity index (χ2v) is 21.9. The lowest BCUT2D eigenvalue weighted by molar-refractivity contribution is -0.253. The summed E-state index contributed by atoms with van der Waals surface area (Å²) in [5.41, 5.74) is -0.888. The quantitative estimate of drug-likeness (QED) is 0.281. The molecule has 2 saturated heterocycles. The van der Waals surface area contributed by atoms with Crippen molar-refractivity contribution in [3.63, 3.8) is 0 Å². The van der Waals surface area contributed by atoms with E-state index in [2.05, 4.69) is 70.2 Å². The predicted molar refractivity (Wildman–Crippen MR) is 205 cm³/mol. The van der Waals surface area contributed by atoms with Gasteiger partial charge in [-0.3, -0.25) is 9.59 Å². The number of fused-ring (bicyclic) bond motifs is 3. The van der Waals surface area contributed by atoms with E-state index in [9.17, 15) is 23.1 Å². The van der Waals surface area contributed by atoms with Crippen LogP contribution in [0.4, 0.5) is 0 Å². The Kier molecular flexibility index (Phi) is 9.87. The molecule has 2 bridgehead atoms. The Morgan fingerprint density at radius 1 is 1.04 bits per heavy atom. The van der Waals surface area contributed by atoms with Crippen molar-refractivity contribution < 1.29 is 32.6 Å². The van der Waals surface area contributed by atoms with Gasteiger partial charge in [0.2, 0.25) is 5.82 Å². The van der Waals surface area contributed by atoms with Crippen LogP contribution in [0.1, 0.15) is 116 Å². The van der Waals surface area contributed by atoms with Crippen LogP contribution in [-0.4, -0.2) is 97.2 Å². The zero-order chi connectivity index (χ0) is 39.3. The molecule has 11 atom stereocenters. The number of ether oxygens (including phenoxy) is 2. The average molecular weight is 772 g/mol. The van der Waals surface area contributed by atoms with Crippen molar-refractivity contribution in [3.05, 3.63) is 23.8 Å². The molecular formula is C41H65N5O7S. The first-order chi connectivity index (χ1) is 25.3. The number of hydrogen-bond acceptors (Lipinski definition) is 9. The van der Waals surface area contributed by atoms with Crippen molar-refractivity contribution in [2.24, 2.45) is 56.7 Å². The monoisotopic (exact) mass is 771 g/mol. The molecule has 1 aromatic heterocycles. The van der Waals surface area contributed by atoms with Crippen molar-refractivity contribution in [2.45, 2.75) is 118 Å². The first-order valence-corrected chi connectivity index (χ1v) is 22.2. The Bertz CT molecular complexity index is 1780. The second kappa shape index (κ2) is 13.4. The SMILES string of the molecule is CNC(=O)c1ncnn1[C@@H]1C[C@@]23COC[C@](C)([C@@H]2CC[C@H]2C3=CC[C@@]3(C)[C@H](C(=O)O)[C@@](C)([C@H](C)C(C)C)CC[C@]23C)[C@H]1OCC1(NC)CCS(=O)(=O)CC1. The van der Waals surface area contributed by atoms with E-state index in [1.165, 1.54) is 11.9 Å². The third-order valence-corrected chi connectivity index (χ3v) is 18.9. The molecule has 12 nitrogen and oxygen atoms in total.